The molecule has 0 aliphatic carbocycles. The highest BCUT2D eigenvalue weighted by molar-refractivity contribution is 6.32. The minimum absolute atomic E-state index is 0.0566. The molecule has 0 atom stereocenters. The maximum absolute atomic E-state index is 13.6. The summed E-state index contributed by atoms with van der Waals surface area (Å²) in [5, 5.41) is 9.80. The van der Waals surface area contributed by atoms with Crippen molar-refractivity contribution in [3.05, 3.63) is 117 Å². The number of benzene rings is 3. The van der Waals surface area contributed by atoms with Crippen molar-refractivity contribution in [1.82, 2.24) is 14.8 Å². The van der Waals surface area contributed by atoms with Crippen molar-refractivity contribution in [2.75, 3.05) is 26.2 Å². The third kappa shape index (κ3) is 8.94. The van der Waals surface area contributed by atoms with Gasteiger partial charge in [0, 0.05) is 55.2 Å². The van der Waals surface area contributed by atoms with Crippen LogP contribution in [0.15, 0.2) is 73.1 Å². The molecule has 51 heavy (non-hydrogen) atoms. The summed E-state index contributed by atoms with van der Waals surface area (Å²) >= 11 is 6.84. The maximum atomic E-state index is 13.6. The van der Waals surface area contributed by atoms with Gasteiger partial charge in [-0.15, -0.1) is 0 Å². The van der Waals surface area contributed by atoms with Crippen LogP contribution in [0.25, 0.3) is 17.2 Å². The maximum Gasteiger partial charge on any atom is 0.267 e. The molecule has 1 aromatic heterocycles. The van der Waals surface area contributed by atoms with E-state index >= 15 is 0 Å². The largest absolute Gasteiger partial charge is 0.488 e. The van der Waals surface area contributed by atoms with E-state index in [0.717, 1.165) is 57.6 Å². The lowest BCUT2D eigenvalue weighted by Crippen LogP contribution is -2.29. The molecule has 264 valence electrons. The van der Waals surface area contributed by atoms with Gasteiger partial charge in [-0.3, -0.25) is 14.7 Å². The van der Waals surface area contributed by atoms with E-state index in [0.29, 0.717) is 28.6 Å². The third-order valence-electron chi connectivity index (χ3n) is 9.66. The number of piperidine rings is 1. The van der Waals surface area contributed by atoms with Crippen molar-refractivity contribution in [2.45, 2.75) is 65.2 Å². The number of pyridine rings is 1. The lowest BCUT2D eigenvalue weighted by Gasteiger charge is -2.27. The summed E-state index contributed by atoms with van der Waals surface area (Å²) in [4.78, 5) is 20.4. The standard InChI is InChI=1S/C41H41ClF2N4O3/c1-28-32(12-13-40(49)48-17-14-41(43,44)27-48)8-6-10-35(28)36-11-7-9-33(29(36)2)26-51-39-20-38(50-25-31-18-30(21-45)22-46-23-31)34(19-37(39)42)24-47-15-4-3-5-16-47/h6-13,18-20,22-23H,3-5,14-17,24-27H2,1-2H3/b13-12+. The Morgan fingerprint density at radius 2 is 1.69 bits per heavy atom. The lowest BCUT2D eigenvalue weighted by atomic mass is 9.91. The van der Waals surface area contributed by atoms with Crippen molar-refractivity contribution in [3.63, 3.8) is 0 Å². The number of hydrogen-bond acceptors (Lipinski definition) is 6. The van der Waals surface area contributed by atoms with Gasteiger partial charge in [-0.1, -0.05) is 54.4 Å². The van der Waals surface area contributed by atoms with Gasteiger partial charge >= 0.3 is 0 Å². The van der Waals surface area contributed by atoms with Crippen LogP contribution in [-0.4, -0.2) is 52.8 Å². The van der Waals surface area contributed by atoms with Crippen LogP contribution in [0.2, 0.25) is 5.02 Å². The molecule has 3 heterocycles. The summed E-state index contributed by atoms with van der Waals surface area (Å²) in [5.74, 6) is -2.06. The van der Waals surface area contributed by atoms with Gasteiger partial charge in [0.25, 0.3) is 5.92 Å². The molecule has 2 fully saturated rings. The van der Waals surface area contributed by atoms with Crippen molar-refractivity contribution in [1.29, 1.82) is 5.26 Å². The number of rotatable bonds is 11. The molecular weight excluding hydrogens is 670 g/mol. The zero-order chi connectivity index (χ0) is 36.0. The van der Waals surface area contributed by atoms with Crippen LogP contribution in [0.4, 0.5) is 8.78 Å². The molecule has 0 bridgehead atoms. The topological polar surface area (TPSA) is 78.7 Å². The second-order valence-corrected chi connectivity index (χ2v) is 13.7. The Labute approximate surface area is 303 Å². The Morgan fingerprint density at radius 1 is 0.941 bits per heavy atom. The van der Waals surface area contributed by atoms with Gasteiger partial charge in [-0.05, 0) is 91.4 Å². The Balaban J connectivity index is 1.20. The molecule has 10 heteroatoms. The number of alkyl halides is 2. The summed E-state index contributed by atoms with van der Waals surface area (Å²) in [6.07, 6.45) is 9.57. The third-order valence-corrected chi connectivity index (χ3v) is 9.95. The fourth-order valence-electron chi connectivity index (χ4n) is 6.70. The molecule has 3 aromatic carbocycles. The highest BCUT2D eigenvalue weighted by Gasteiger charge is 2.39. The van der Waals surface area contributed by atoms with E-state index in [-0.39, 0.29) is 26.2 Å². The zero-order valence-electron chi connectivity index (χ0n) is 28.9. The quantitative estimate of drug-likeness (QED) is 0.145. The number of aromatic nitrogens is 1. The van der Waals surface area contributed by atoms with Crippen LogP contribution in [0.5, 0.6) is 11.5 Å². The first-order valence-electron chi connectivity index (χ1n) is 17.3. The fourth-order valence-corrected chi connectivity index (χ4v) is 6.94. The van der Waals surface area contributed by atoms with E-state index in [1.165, 1.54) is 36.4 Å². The van der Waals surface area contributed by atoms with Crippen LogP contribution in [0, 0.1) is 25.2 Å². The van der Waals surface area contributed by atoms with E-state index in [9.17, 15) is 18.8 Å². The number of nitriles is 1. The first kappa shape index (κ1) is 36.0. The van der Waals surface area contributed by atoms with Gasteiger partial charge in [0.05, 0.1) is 17.1 Å². The lowest BCUT2D eigenvalue weighted by molar-refractivity contribution is -0.126. The Morgan fingerprint density at radius 3 is 2.43 bits per heavy atom. The van der Waals surface area contributed by atoms with Crippen molar-refractivity contribution < 1.29 is 23.0 Å². The molecule has 2 saturated heterocycles. The minimum atomic E-state index is -2.83. The van der Waals surface area contributed by atoms with E-state index in [1.54, 1.807) is 18.3 Å². The van der Waals surface area contributed by atoms with E-state index in [4.69, 9.17) is 21.1 Å². The number of carbonyl (C=O) groups is 1. The summed E-state index contributed by atoms with van der Waals surface area (Å²) in [6.45, 7) is 6.83. The van der Waals surface area contributed by atoms with Gasteiger partial charge in [-0.2, -0.15) is 5.26 Å². The predicted octanol–water partition coefficient (Wildman–Crippen LogP) is 8.92. The smallest absolute Gasteiger partial charge is 0.267 e. The monoisotopic (exact) mass is 710 g/mol. The number of nitrogens with zero attached hydrogens (tertiary/aromatic N) is 4. The average molecular weight is 711 g/mol. The molecule has 2 aliphatic heterocycles. The predicted molar refractivity (Wildman–Crippen MR) is 195 cm³/mol. The average Bonchev–Trinajstić information content (AvgIpc) is 3.51. The molecule has 0 spiro atoms. The number of amides is 1. The second-order valence-electron chi connectivity index (χ2n) is 13.3. The highest BCUT2D eigenvalue weighted by Crippen LogP contribution is 2.36. The number of halogens is 3. The Hall–Kier alpha value is -4.78. The van der Waals surface area contributed by atoms with Gasteiger partial charge < -0.3 is 14.4 Å². The molecule has 6 rings (SSSR count). The molecule has 1 amide bonds. The first-order valence-corrected chi connectivity index (χ1v) is 17.7. The van der Waals surface area contributed by atoms with Crippen molar-refractivity contribution in [3.8, 4) is 28.7 Å². The van der Waals surface area contributed by atoms with Gasteiger partial charge in [0.1, 0.15) is 30.8 Å². The molecule has 0 unspecified atom stereocenters. The Kier molecular flexibility index (Phi) is 11.3. The second kappa shape index (κ2) is 16.1. The fraction of sp³-hybridized carbons (Fsp3) is 0.341. The normalized spacial score (nSPS) is 16.0. The summed E-state index contributed by atoms with van der Waals surface area (Å²) in [5.41, 5.74) is 8.09. The number of ether oxygens (including phenoxy) is 2. The zero-order valence-corrected chi connectivity index (χ0v) is 29.7. The SMILES string of the molecule is Cc1c(/C=C/C(=O)N2CCC(F)(F)C2)cccc1-c1cccc(COc2cc(OCc3cncc(C#N)c3)c(CN3CCCCC3)cc2Cl)c1C. The molecule has 2 aliphatic rings. The molecule has 0 N–H and O–H groups in total. The molecule has 0 saturated carbocycles. The first-order chi connectivity index (χ1) is 24.6. The molecular formula is C41H41ClF2N4O3. The van der Waals surface area contributed by atoms with Crippen LogP contribution >= 0.6 is 11.6 Å². The van der Waals surface area contributed by atoms with E-state index in [2.05, 4.69) is 22.0 Å². The van der Waals surface area contributed by atoms with E-state index in [1.807, 2.05) is 56.3 Å². The van der Waals surface area contributed by atoms with Gasteiger partial charge in [0.2, 0.25) is 5.91 Å². The van der Waals surface area contributed by atoms with Gasteiger partial charge in [0.15, 0.2) is 0 Å². The van der Waals surface area contributed by atoms with Crippen molar-refractivity contribution in [2.24, 2.45) is 0 Å². The highest BCUT2D eigenvalue weighted by atomic mass is 35.5. The summed E-state index contributed by atoms with van der Waals surface area (Å²) < 4.78 is 40.0. The number of likely N-dealkylation sites (tertiary alicyclic amines) is 2. The van der Waals surface area contributed by atoms with Gasteiger partial charge in [-0.25, -0.2) is 8.78 Å². The summed E-state index contributed by atoms with van der Waals surface area (Å²) in [7, 11) is 0. The van der Waals surface area contributed by atoms with Crippen LogP contribution in [0.1, 0.15) is 64.6 Å². The van der Waals surface area contributed by atoms with Crippen molar-refractivity contribution >= 4 is 23.6 Å². The number of carbonyl (C=O) groups excluding carboxylic acids is 1. The Bertz CT molecular complexity index is 1970. The minimum Gasteiger partial charge on any atom is -0.488 e. The van der Waals surface area contributed by atoms with E-state index < -0.39 is 18.4 Å². The number of hydrogen-bond donors (Lipinski definition) is 0. The molecule has 0 radical (unpaired) electrons. The van der Waals surface area contributed by atoms with Crippen LogP contribution < -0.4 is 9.47 Å². The summed E-state index contributed by atoms with van der Waals surface area (Å²) in [6, 6.07) is 19.6. The van der Waals surface area contributed by atoms with Crippen LogP contribution in [0.3, 0.4) is 0 Å². The molecule has 4 aromatic rings. The molecule has 7 nitrogen and oxygen atoms in total. The van der Waals surface area contributed by atoms with Crippen LogP contribution in [-0.2, 0) is 24.6 Å².